The molecule has 0 aromatic carbocycles. The molecule has 18 heavy (non-hydrogen) atoms. The Labute approximate surface area is 114 Å². The van der Waals surface area contributed by atoms with Crippen molar-refractivity contribution in [2.75, 3.05) is 5.32 Å². The van der Waals surface area contributed by atoms with Crippen LogP contribution in [0.5, 0.6) is 0 Å². The quantitative estimate of drug-likeness (QED) is 0.934. The van der Waals surface area contributed by atoms with Crippen molar-refractivity contribution in [1.29, 1.82) is 0 Å². The van der Waals surface area contributed by atoms with Gasteiger partial charge in [-0.3, -0.25) is 10.1 Å². The number of hydrogen-bond acceptors (Lipinski definition) is 5. The van der Waals surface area contributed by atoms with Gasteiger partial charge in [-0.25, -0.2) is 0 Å². The average molecular weight is 281 g/mol. The van der Waals surface area contributed by atoms with Crippen molar-refractivity contribution >= 4 is 33.7 Å². The van der Waals surface area contributed by atoms with Crippen LogP contribution in [0.15, 0.2) is 6.07 Å². The molecule has 4 nitrogen and oxygen atoms in total. The van der Waals surface area contributed by atoms with Crippen LogP contribution in [0.1, 0.15) is 38.5 Å². The topological polar surface area (TPSA) is 54.9 Å². The normalized spacial score (nSPS) is 10.6. The third-order valence-electron chi connectivity index (χ3n) is 2.44. The van der Waals surface area contributed by atoms with Crippen LogP contribution in [0.2, 0.25) is 0 Å². The Morgan fingerprint density at radius 2 is 2.11 bits per heavy atom. The fourth-order valence-electron chi connectivity index (χ4n) is 1.64. The Morgan fingerprint density at radius 3 is 2.72 bits per heavy atom. The Bertz CT molecular complexity index is 559. The number of nitrogens with zero attached hydrogens (tertiary/aromatic N) is 2. The number of carbonyl (C=O) groups is 1. The molecule has 0 spiro atoms. The maximum Gasteiger partial charge on any atom is 0.258 e. The van der Waals surface area contributed by atoms with Gasteiger partial charge in [0.1, 0.15) is 5.01 Å². The van der Waals surface area contributed by atoms with Crippen LogP contribution < -0.4 is 5.32 Å². The molecule has 96 valence electrons. The molecule has 2 aromatic rings. The van der Waals surface area contributed by atoms with E-state index >= 15 is 0 Å². The molecule has 0 saturated carbocycles. The van der Waals surface area contributed by atoms with Crippen LogP contribution in [-0.2, 0) is 6.42 Å². The lowest BCUT2D eigenvalue weighted by molar-refractivity contribution is 0.102. The van der Waals surface area contributed by atoms with E-state index < -0.39 is 0 Å². The minimum Gasteiger partial charge on any atom is -0.296 e. The molecular weight excluding hydrogens is 266 g/mol. The first-order valence-corrected chi connectivity index (χ1v) is 7.44. The lowest BCUT2D eigenvalue weighted by Gasteiger charge is -1.99. The SMILES string of the molecule is CCCc1nnc(NC(=O)c2cc(C)sc2C)s1. The molecule has 1 N–H and O–H groups in total. The monoisotopic (exact) mass is 281 g/mol. The van der Waals surface area contributed by atoms with Crippen molar-refractivity contribution in [3.05, 3.63) is 26.4 Å². The third-order valence-corrected chi connectivity index (χ3v) is 4.30. The van der Waals surface area contributed by atoms with Crippen LogP contribution in [0.25, 0.3) is 0 Å². The fourth-order valence-corrected chi connectivity index (χ4v) is 3.40. The van der Waals surface area contributed by atoms with Gasteiger partial charge < -0.3 is 0 Å². The van der Waals surface area contributed by atoms with E-state index in [1.54, 1.807) is 11.3 Å². The number of carbonyl (C=O) groups excluding carboxylic acids is 1. The highest BCUT2D eigenvalue weighted by atomic mass is 32.1. The first-order valence-electron chi connectivity index (χ1n) is 5.81. The number of aromatic nitrogens is 2. The minimum atomic E-state index is -0.101. The van der Waals surface area contributed by atoms with Crippen LogP contribution in [0.3, 0.4) is 0 Å². The van der Waals surface area contributed by atoms with Crippen molar-refractivity contribution < 1.29 is 4.79 Å². The number of rotatable bonds is 4. The second-order valence-corrected chi connectivity index (χ2v) is 6.55. The Morgan fingerprint density at radius 1 is 1.33 bits per heavy atom. The summed E-state index contributed by atoms with van der Waals surface area (Å²) in [5.41, 5.74) is 0.727. The van der Waals surface area contributed by atoms with Gasteiger partial charge in [-0.15, -0.1) is 21.5 Å². The number of amides is 1. The Kier molecular flexibility index (Phi) is 4.08. The summed E-state index contributed by atoms with van der Waals surface area (Å²) in [5, 5.41) is 12.4. The molecule has 0 atom stereocenters. The van der Waals surface area contributed by atoms with E-state index in [4.69, 9.17) is 0 Å². The lowest BCUT2D eigenvalue weighted by atomic mass is 10.2. The molecule has 0 radical (unpaired) electrons. The summed E-state index contributed by atoms with van der Waals surface area (Å²) in [4.78, 5) is 14.2. The van der Waals surface area contributed by atoms with Crippen LogP contribution in [0, 0.1) is 13.8 Å². The van der Waals surface area contributed by atoms with Gasteiger partial charge in [-0.1, -0.05) is 18.3 Å². The summed E-state index contributed by atoms with van der Waals surface area (Å²) in [6.07, 6.45) is 1.94. The van der Waals surface area contributed by atoms with Gasteiger partial charge in [0.25, 0.3) is 5.91 Å². The van der Waals surface area contributed by atoms with Crippen molar-refractivity contribution in [2.24, 2.45) is 0 Å². The second-order valence-electron chi connectivity index (χ2n) is 4.03. The molecule has 2 rings (SSSR count). The highest BCUT2D eigenvalue weighted by Crippen LogP contribution is 2.23. The third kappa shape index (κ3) is 2.94. The van der Waals surface area contributed by atoms with Gasteiger partial charge in [-0.2, -0.15) is 0 Å². The van der Waals surface area contributed by atoms with E-state index in [9.17, 15) is 4.79 Å². The summed E-state index contributed by atoms with van der Waals surface area (Å²) in [7, 11) is 0. The summed E-state index contributed by atoms with van der Waals surface area (Å²) >= 11 is 3.07. The predicted molar refractivity (Wildman–Crippen MR) is 75.7 cm³/mol. The Balaban J connectivity index is 2.08. The number of hydrogen-bond donors (Lipinski definition) is 1. The average Bonchev–Trinajstić information content (AvgIpc) is 2.86. The highest BCUT2D eigenvalue weighted by molar-refractivity contribution is 7.15. The van der Waals surface area contributed by atoms with Gasteiger partial charge in [0, 0.05) is 16.2 Å². The Hall–Kier alpha value is -1.27. The van der Waals surface area contributed by atoms with Crippen LogP contribution in [0.4, 0.5) is 5.13 Å². The molecule has 0 aliphatic carbocycles. The number of anilines is 1. The summed E-state index contributed by atoms with van der Waals surface area (Å²) in [6, 6.07) is 1.91. The maximum absolute atomic E-state index is 12.0. The molecule has 0 fully saturated rings. The largest absolute Gasteiger partial charge is 0.296 e. The van der Waals surface area contributed by atoms with Crippen LogP contribution >= 0.6 is 22.7 Å². The standard InChI is InChI=1S/C12H15N3OS2/c1-4-5-10-14-15-12(18-10)13-11(16)9-6-7(2)17-8(9)3/h6H,4-5H2,1-3H3,(H,13,15,16). The molecule has 0 unspecified atom stereocenters. The summed E-state index contributed by atoms with van der Waals surface area (Å²) < 4.78 is 0. The summed E-state index contributed by atoms with van der Waals surface area (Å²) in [5.74, 6) is -0.101. The smallest absolute Gasteiger partial charge is 0.258 e. The zero-order valence-electron chi connectivity index (χ0n) is 10.6. The molecule has 0 bridgehead atoms. The molecule has 1 amide bonds. The van der Waals surface area contributed by atoms with Gasteiger partial charge in [0.2, 0.25) is 5.13 Å². The molecule has 0 aliphatic rings. The first kappa shape index (κ1) is 13.2. The molecule has 2 heterocycles. The number of thiophene rings is 1. The van der Waals surface area contributed by atoms with Crippen molar-refractivity contribution in [1.82, 2.24) is 10.2 Å². The van der Waals surface area contributed by atoms with E-state index in [-0.39, 0.29) is 5.91 Å². The number of nitrogens with one attached hydrogen (secondary N) is 1. The predicted octanol–water partition coefficient (Wildman–Crippen LogP) is 3.42. The lowest BCUT2D eigenvalue weighted by Crippen LogP contribution is -2.11. The van der Waals surface area contributed by atoms with Gasteiger partial charge >= 0.3 is 0 Å². The van der Waals surface area contributed by atoms with Crippen molar-refractivity contribution in [3.63, 3.8) is 0 Å². The molecular formula is C12H15N3OS2. The first-order chi connectivity index (χ1) is 8.60. The van der Waals surface area contributed by atoms with Crippen molar-refractivity contribution in [3.8, 4) is 0 Å². The zero-order chi connectivity index (χ0) is 13.1. The summed E-state index contributed by atoms with van der Waals surface area (Å²) in [6.45, 7) is 6.05. The second kappa shape index (κ2) is 5.58. The van der Waals surface area contributed by atoms with Gasteiger partial charge in [-0.05, 0) is 26.3 Å². The van der Waals surface area contributed by atoms with Crippen molar-refractivity contribution in [2.45, 2.75) is 33.6 Å². The molecule has 2 aromatic heterocycles. The van der Waals surface area contributed by atoms with E-state index in [1.165, 1.54) is 11.3 Å². The van der Waals surface area contributed by atoms with Crippen LogP contribution in [-0.4, -0.2) is 16.1 Å². The zero-order valence-corrected chi connectivity index (χ0v) is 12.2. The number of aryl methyl sites for hydroxylation is 3. The fraction of sp³-hybridized carbons (Fsp3) is 0.417. The van der Waals surface area contributed by atoms with E-state index in [1.807, 2.05) is 19.9 Å². The highest BCUT2D eigenvalue weighted by Gasteiger charge is 2.14. The maximum atomic E-state index is 12.0. The molecule has 6 heteroatoms. The minimum absolute atomic E-state index is 0.101. The van der Waals surface area contributed by atoms with E-state index in [0.29, 0.717) is 5.13 Å². The van der Waals surface area contributed by atoms with Gasteiger partial charge in [0.15, 0.2) is 0 Å². The molecule has 0 aliphatic heterocycles. The molecule has 0 saturated heterocycles. The van der Waals surface area contributed by atoms with E-state index in [0.717, 1.165) is 33.2 Å². The van der Waals surface area contributed by atoms with Gasteiger partial charge in [0.05, 0.1) is 5.56 Å². The van der Waals surface area contributed by atoms with E-state index in [2.05, 4.69) is 22.4 Å².